The first-order chi connectivity index (χ1) is 16.9. The van der Waals surface area contributed by atoms with Crippen molar-refractivity contribution in [2.75, 3.05) is 31.6 Å². The van der Waals surface area contributed by atoms with Gasteiger partial charge >= 0.3 is 5.97 Å². The van der Waals surface area contributed by atoms with E-state index in [1.54, 1.807) is 54.6 Å². The second-order valence-corrected chi connectivity index (χ2v) is 9.55. The molecule has 1 N–H and O–H groups in total. The quantitative estimate of drug-likeness (QED) is 0.376. The van der Waals surface area contributed by atoms with Gasteiger partial charge in [-0.25, -0.2) is 13.2 Å². The molecule has 1 amide bonds. The molecule has 0 spiro atoms. The number of hydrogen-bond acceptors (Lipinski definition) is 7. The Bertz CT molecular complexity index is 1280. The second-order valence-electron chi connectivity index (χ2n) is 7.61. The van der Waals surface area contributed by atoms with E-state index in [1.165, 1.54) is 28.8 Å². The molecular weight excluding hydrogens is 472 g/mol. The van der Waals surface area contributed by atoms with E-state index in [-0.39, 0.29) is 23.7 Å². The van der Waals surface area contributed by atoms with Crippen molar-refractivity contribution >= 4 is 33.7 Å². The lowest BCUT2D eigenvalue weighted by Crippen LogP contribution is -2.40. The van der Waals surface area contributed by atoms with Crippen LogP contribution in [0.1, 0.15) is 17.4 Å². The Morgan fingerprint density at radius 1 is 1.00 bits per heavy atom. The van der Waals surface area contributed by atoms with Crippen molar-refractivity contribution in [2.24, 2.45) is 0 Å². The minimum absolute atomic E-state index is 0.0480. The average molecular weight is 497 g/mol. The van der Waals surface area contributed by atoms with E-state index >= 15 is 0 Å². The Hall–Kier alpha value is -3.73. The first kappa shape index (κ1) is 24.4. The number of benzene rings is 2. The van der Waals surface area contributed by atoms with Crippen LogP contribution in [0.2, 0.25) is 0 Å². The number of amides is 1. The van der Waals surface area contributed by atoms with Gasteiger partial charge in [0.15, 0.2) is 0 Å². The minimum atomic E-state index is -3.74. The summed E-state index contributed by atoms with van der Waals surface area (Å²) >= 11 is 0. The highest BCUT2D eigenvalue weighted by molar-refractivity contribution is 7.89. The van der Waals surface area contributed by atoms with Crippen LogP contribution in [0.3, 0.4) is 0 Å². The van der Waals surface area contributed by atoms with Crippen LogP contribution in [-0.2, 0) is 29.1 Å². The molecular formula is C25H24N2O7S. The van der Waals surface area contributed by atoms with Gasteiger partial charge in [0.25, 0.3) is 5.91 Å². The molecule has 182 valence electrons. The zero-order chi connectivity index (χ0) is 24.7. The van der Waals surface area contributed by atoms with Crippen LogP contribution in [0.5, 0.6) is 0 Å². The standard InChI is InChI=1S/C25H24N2O7S/c28-23(12-11-21-9-5-15-33-21)34-24(19-6-2-1-3-7-19)25(29)26-20-8-4-10-22(18-20)35(30,31)27-13-16-32-17-14-27/h1-12,15,18,24H,13-14,16-17H2,(H,26,29). The maximum Gasteiger partial charge on any atom is 0.332 e. The summed E-state index contributed by atoms with van der Waals surface area (Å²) in [6.07, 6.45) is 2.81. The third kappa shape index (κ3) is 6.24. The Morgan fingerprint density at radius 3 is 2.49 bits per heavy atom. The van der Waals surface area contributed by atoms with Crippen LogP contribution >= 0.6 is 0 Å². The van der Waals surface area contributed by atoms with Crippen LogP contribution in [0.4, 0.5) is 5.69 Å². The third-order valence-electron chi connectivity index (χ3n) is 5.21. The maximum absolute atomic E-state index is 13.1. The smallest absolute Gasteiger partial charge is 0.332 e. The van der Waals surface area contributed by atoms with Crippen LogP contribution in [-0.4, -0.2) is 50.9 Å². The zero-order valence-corrected chi connectivity index (χ0v) is 19.5. The summed E-state index contributed by atoms with van der Waals surface area (Å²) in [5.74, 6) is -0.910. The molecule has 10 heteroatoms. The number of morpholine rings is 1. The number of nitrogens with one attached hydrogen (secondary N) is 1. The lowest BCUT2D eigenvalue weighted by atomic mass is 10.1. The number of rotatable bonds is 8. The van der Waals surface area contributed by atoms with Crippen LogP contribution < -0.4 is 5.32 Å². The Morgan fingerprint density at radius 2 is 1.77 bits per heavy atom. The molecule has 0 radical (unpaired) electrons. The van der Waals surface area contributed by atoms with Crippen LogP contribution in [0.15, 0.2) is 88.4 Å². The Labute approximate surface area is 203 Å². The van der Waals surface area contributed by atoms with Gasteiger partial charge in [0.2, 0.25) is 16.1 Å². The lowest BCUT2D eigenvalue weighted by Gasteiger charge is -2.26. The molecule has 1 aliphatic heterocycles. The molecule has 1 fully saturated rings. The van der Waals surface area contributed by atoms with Gasteiger partial charge in [-0.1, -0.05) is 36.4 Å². The van der Waals surface area contributed by atoms with Gasteiger partial charge in [-0.05, 0) is 36.4 Å². The van der Waals surface area contributed by atoms with Gasteiger partial charge in [-0.2, -0.15) is 4.31 Å². The number of hydrogen-bond donors (Lipinski definition) is 1. The summed E-state index contributed by atoms with van der Waals surface area (Å²) in [6, 6.07) is 17.8. The third-order valence-corrected chi connectivity index (χ3v) is 7.11. The van der Waals surface area contributed by atoms with Crippen molar-refractivity contribution in [2.45, 2.75) is 11.0 Å². The molecule has 1 aliphatic rings. The molecule has 4 rings (SSSR count). The monoisotopic (exact) mass is 496 g/mol. The number of carbonyl (C=O) groups is 2. The van der Waals surface area contributed by atoms with Crippen LogP contribution in [0, 0.1) is 0 Å². The lowest BCUT2D eigenvalue weighted by molar-refractivity contribution is -0.149. The maximum atomic E-state index is 13.1. The van der Waals surface area contributed by atoms with E-state index in [0.717, 1.165) is 6.08 Å². The number of nitrogens with zero attached hydrogens (tertiary/aromatic N) is 1. The molecule has 0 aliphatic carbocycles. The van der Waals surface area contributed by atoms with E-state index in [4.69, 9.17) is 13.9 Å². The Balaban J connectivity index is 1.52. The molecule has 2 aromatic carbocycles. The highest BCUT2D eigenvalue weighted by atomic mass is 32.2. The number of esters is 1. The van der Waals surface area contributed by atoms with E-state index < -0.39 is 28.0 Å². The fourth-order valence-corrected chi connectivity index (χ4v) is 4.92. The summed E-state index contributed by atoms with van der Waals surface area (Å²) in [4.78, 5) is 25.6. The van der Waals surface area contributed by atoms with Crippen molar-refractivity contribution in [1.29, 1.82) is 0 Å². The SMILES string of the molecule is O=C(C=Cc1ccco1)OC(C(=O)Nc1cccc(S(=O)(=O)N2CCOCC2)c1)c1ccccc1. The fraction of sp³-hybridized carbons (Fsp3) is 0.200. The highest BCUT2D eigenvalue weighted by Gasteiger charge is 2.28. The number of carbonyl (C=O) groups excluding carboxylic acids is 2. The van der Waals surface area contributed by atoms with Gasteiger partial charge in [-0.3, -0.25) is 4.79 Å². The van der Waals surface area contributed by atoms with Crippen molar-refractivity contribution in [3.05, 3.63) is 90.4 Å². The normalized spacial score (nSPS) is 15.5. The predicted molar refractivity (Wildman–Crippen MR) is 128 cm³/mol. The molecule has 1 unspecified atom stereocenters. The molecule has 35 heavy (non-hydrogen) atoms. The molecule has 1 aromatic heterocycles. The van der Waals surface area contributed by atoms with Crippen molar-refractivity contribution in [1.82, 2.24) is 4.31 Å². The van der Waals surface area contributed by atoms with Crippen LogP contribution in [0.25, 0.3) is 6.08 Å². The molecule has 0 bridgehead atoms. The topological polar surface area (TPSA) is 115 Å². The molecule has 9 nitrogen and oxygen atoms in total. The first-order valence-electron chi connectivity index (χ1n) is 10.9. The van der Waals surface area contributed by atoms with E-state index in [0.29, 0.717) is 24.5 Å². The largest absolute Gasteiger partial charge is 0.465 e. The molecule has 0 saturated carbocycles. The zero-order valence-electron chi connectivity index (χ0n) is 18.7. The summed E-state index contributed by atoms with van der Waals surface area (Å²) in [7, 11) is -3.74. The summed E-state index contributed by atoms with van der Waals surface area (Å²) in [5.41, 5.74) is 0.717. The van der Waals surface area contributed by atoms with E-state index in [1.807, 2.05) is 0 Å². The average Bonchev–Trinajstić information content (AvgIpc) is 3.41. The molecule has 2 heterocycles. The van der Waals surface area contributed by atoms with E-state index in [9.17, 15) is 18.0 Å². The van der Waals surface area contributed by atoms with Crippen molar-refractivity contribution < 1.29 is 31.9 Å². The Kier molecular flexibility index (Phi) is 7.76. The number of furan rings is 1. The predicted octanol–water partition coefficient (Wildman–Crippen LogP) is 3.24. The first-order valence-corrected chi connectivity index (χ1v) is 12.3. The van der Waals surface area contributed by atoms with E-state index in [2.05, 4.69) is 5.32 Å². The molecule has 1 saturated heterocycles. The van der Waals surface area contributed by atoms with Crippen molar-refractivity contribution in [3.8, 4) is 0 Å². The number of sulfonamides is 1. The second kappa shape index (κ2) is 11.1. The molecule has 3 aromatic rings. The fourth-order valence-electron chi connectivity index (χ4n) is 3.47. The van der Waals surface area contributed by atoms with Gasteiger partial charge in [-0.15, -0.1) is 0 Å². The summed E-state index contributed by atoms with van der Waals surface area (Å²) in [6.45, 7) is 1.18. The van der Waals surface area contributed by atoms with Gasteiger partial charge in [0.1, 0.15) is 5.76 Å². The number of anilines is 1. The molecule has 1 atom stereocenters. The van der Waals surface area contributed by atoms with Gasteiger partial charge < -0.3 is 19.2 Å². The van der Waals surface area contributed by atoms with Gasteiger partial charge in [0, 0.05) is 30.4 Å². The highest BCUT2D eigenvalue weighted by Crippen LogP contribution is 2.24. The summed E-state index contributed by atoms with van der Waals surface area (Å²) < 4.78 is 43.1. The van der Waals surface area contributed by atoms with Gasteiger partial charge in [0.05, 0.1) is 24.4 Å². The summed E-state index contributed by atoms with van der Waals surface area (Å²) in [5, 5.41) is 2.66. The number of ether oxygens (including phenoxy) is 2. The minimum Gasteiger partial charge on any atom is -0.465 e. The van der Waals surface area contributed by atoms with Crippen molar-refractivity contribution in [3.63, 3.8) is 0 Å².